The maximum Gasteiger partial charge on any atom is 0.317 e. The van der Waals surface area contributed by atoms with Crippen LogP contribution in [0.1, 0.15) is 23.4 Å². The molecule has 1 aromatic carbocycles. The number of aromatic nitrogens is 2. The van der Waals surface area contributed by atoms with Crippen molar-refractivity contribution < 1.29 is 4.79 Å². The van der Waals surface area contributed by atoms with Crippen LogP contribution >= 0.6 is 0 Å². The van der Waals surface area contributed by atoms with Crippen molar-refractivity contribution in [2.75, 3.05) is 19.6 Å². The Morgan fingerprint density at radius 2 is 2.08 bits per heavy atom. The molecule has 1 N–H and O–H groups in total. The summed E-state index contributed by atoms with van der Waals surface area (Å²) in [5.41, 5.74) is 2.74. The van der Waals surface area contributed by atoms with Crippen molar-refractivity contribution in [3.05, 3.63) is 53.6 Å². The van der Waals surface area contributed by atoms with Crippen molar-refractivity contribution in [1.29, 1.82) is 0 Å². The molecular formula is C19H26N4O. The van der Waals surface area contributed by atoms with E-state index in [1.165, 1.54) is 11.1 Å². The van der Waals surface area contributed by atoms with E-state index in [0.29, 0.717) is 12.5 Å². The van der Waals surface area contributed by atoms with Crippen LogP contribution < -0.4 is 5.32 Å². The van der Waals surface area contributed by atoms with Crippen molar-refractivity contribution in [2.45, 2.75) is 33.2 Å². The molecule has 1 fully saturated rings. The topological polar surface area (TPSA) is 50.2 Å². The normalized spacial score (nSPS) is 14.5. The molecule has 2 heterocycles. The van der Waals surface area contributed by atoms with Crippen LogP contribution in [0.15, 0.2) is 36.7 Å². The van der Waals surface area contributed by atoms with E-state index in [1.54, 1.807) is 0 Å². The second kappa shape index (κ2) is 7.51. The van der Waals surface area contributed by atoms with Crippen LogP contribution in [0.2, 0.25) is 0 Å². The standard InChI is InChI=1S/C19H26N4O/c1-15-6-3-4-7-18(15)12-17-13-23(14-17)19(24)21-8-5-10-22-11-9-20-16(22)2/h3-4,6-7,9,11,17H,5,8,10,12-14H2,1-2H3,(H,21,24). The van der Waals surface area contributed by atoms with Gasteiger partial charge in [-0.3, -0.25) is 0 Å². The first-order chi connectivity index (χ1) is 11.6. The van der Waals surface area contributed by atoms with Gasteiger partial charge in [0.1, 0.15) is 5.82 Å². The van der Waals surface area contributed by atoms with Gasteiger partial charge >= 0.3 is 6.03 Å². The number of nitrogens with one attached hydrogen (secondary N) is 1. The van der Waals surface area contributed by atoms with E-state index < -0.39 is 0 Å². The third kappa shape index (κ3) is 3.96. The molecule has 0 unspecified atom stereocenters. The molecule has 2 amide bonds. The van der Waals surface area contributed by atoms with Crippen LogP contribution in [-0.4, -0.2) is 40.1 Å². The van der Waals surface area contributed by atoms with Gasteiger partial charge in [0.05, 0.1) is 0 Å². The minimum atomic E-state index is 0.0680. The molecule has 3 rings (SSSR count). The maximum atomic E-state index is 12.1. The molecule has 5 heteroatoms. The number of likely N-dealkylation sites (tertiary alicyclic amines) is 1. The van der Waals surface area contributed by atoms with Crippen LogP contribution in [0.5, 0.6) is 0 Å². The number of hydrogen-bond donors (Lipinski definition) is 1. The lowest BCUT2D eigenvalue weighted by Gasteiger charge is -2.39. The van der Waals surface area contributed by atoms with E-state index in [0.717, 1.165) is 38.3 Å². The average molecular weight is 326 g/mol. The van der Waals surface area contributed by atoms with Gasteiger partial charge in [0.2, 0.25) is 0 Å². The minimum absolute atomic E-state index is 0.0680. The SMILES string of the molecule is Cc1ccccc1CC1CN(C(=O)NCCCn2ccnc2C)C1. The smallest absolute Gasteiger partial charge is 0.317 e. The van der Waals surface area contributed by atoms with Crippen LogP contribution in [0.4, 0.5) is 4.79 Å². The molecule has 5 nitrogen and oxygen atoms in total. The van der Waals surface area contributed by atoms with Gasteiger partial charge in [-0.25, -0.2) is 9.78 Å². The van der Waals surface area contributed by atoms with Crippen LogP contribution in [-0.2, 0) is 13.0 Å². The number of rotatable bonds is 6. The Bertz CT molecular complexity index is 688. The molecule has 0 aliphatic carbocycles. The zero-order chi connectivity index (χ0) is 16.9. The Morgan fingerprint density at radius 3 is 2.79 bits per heavy atom. The highest BCUT2D eigenvalue weighted by Crippen LogP contribution is 2.22. The van der Waals surface area contributed by atoms with Crippen LogP contribution in [0, 0.1) is 19.8 Å². The van der Waals surface area contributed by atoms with E-state index in [2.05, 4.69) is 46.1 Å². The largest absolute Gasteiger partial charge is 0.338 e. The second-order valence-electron chi connectivity index (χ2n) is 6.65. The number of amides is 2. The van der Waals surface area contributed by atoms with Gasteiger partial charge in [-0.05, 0) is 43.7 Å². The molecular weight excluding hydrogens is 300 g/mol. The van der Waals surface area contributed by atoms with Crippen LogP contribution in [0.3, 0.4) is 0 Å². The Kier molecular flexibility index (Phi) is 5.18. The third-order valence-electron chi connectivity index (χ3n) is 4.79. The summed E-state index contributed by atoms with van der Waals surface area (Å²) in [4.78, 5) is 18.2. The van der Waals surface area contributed by atoms with Gasteiger partial charge in [0.15, 0.2) is 0 Å². The fourth-order valence-corrected chi connectivity index (χ4v) is 3.21. The Labute approximate surface area is 143 Å². The van der Waals surface area contributed by atoms with E-state index in [-0.39, 0.29) is 6.03 Å². The summed E-state index contributed by atoms with van der Waals surface area (Å²) in [7, 11) is 0. The van der Waals surface area contributed by atoms with Gasteiger partial charge in [-0.2, -0.15) is 0 Å². The number of carbonyl (C=O) groups is 1. The molecule has 0 radical (unpaired) electrons. The summed E-state index contributed by atoms with van der Waals surface area (Å²) in [6, 6.07) is 8.58. The van der Waals surface area contributed by atoms with Crippen LogP contribution in [0.25, 0.3) is 0 Å². The van der Waals surface area contributed by atoms with Gasteiger partial charge < -0.3 is 14.8 Å². The van der Waals surface area contributed by atoms with E-state index >= 15 is 0 Å². The molecule has 0 atom stereocenters. The zero-order valence-corrected chi connectivity index (χ0v) is 14.5. The molecule has 1 saturated heterocycles. The molecule has 1 aliphatic heterocycles. The van der Waals surface area contributed by atoms with E-state index in [9.17, 15) is 4.79 Å². The fourth-order valence-electron chi connectivity index (χ4n) is 3.21. The summed E-state index contributed by atoms with van der Waals surface area (Å²) >= 11 is 0. The quantitative estimate of drug-likeness (QED) is 0.830. The maximum absolute atomic E-state index is 12.1. The molecule has 2 aromatic rings. The average Bonchev–Trinajstić information content (AvgIpc) is 2.93. The minimum Gasteiger partial charge on any atom is -0.338 e. The first-order valence-electron chi connectivity index (χ1n) is 8.68. The Balaban J connectivity index is 1.33. The highest BCUT2D eigenvalue weighted by atomic mass is 16.2. The molecule has 24 heavy (non-hydrogen) atoms. The molecule has 0 bridgehead atoms. The van der Waals surface area contributed by atoms with Crippen molar-refractivity contribution in [3.8, 4) is 0 Å². The third-order valence-corrected chi connectivity index (χ3v) is 4.79. The molecule has 1 aliphatic rings. The highest BCUT2D eigenvalue weighted by Gasteiger charge is 2.30. The first-order valence-corrected chi connectivity index (χ1v) is 8.68. The lowest BCUT2D eigenvalue weighted by Crippen LogP contribution is -2.54. The number of nitrogens with zero attached hydrogens (tertiary/aromatic N) is 3. The van der Waals surface area contributed by atoms with Gasteiger partial charge in [0.25, 0.3) is 0 Å². The van der Waals surface area contributed by atoms with E-state index in [1.807, 2.05) is 24.2 Å². The zero-order valence-electron chi connectivity index (χ0n) is 14.5. The van der Waals surface area contributed by atoms with Crippen molar-refractivity contribution in [3.63, 3.8) is 0 Å². The van der Waals surface area contributed by atoms with Crippen molar-refractivity contribution >= 4 is 6.03 Å². The number of carbonyl (C=O) groups excluding carboxylic acids is 1. The second-order valence-corrected chi connectivity index (χ2v) is 6.65. The van der Waals surface area contributed by atoms with Gasteiger partial charge in [-0.15, -0.1) is 0 Å². The lowest BCUT2D eigenvalue weighted by molar-refractivity contribution is 0.120. The predicted octanol–water partition coefficient (Wildman–Crippen LogP) is 2.77. The van der Waals surface area contributed by atoms with Gasteiger partial charge in [-0.1, -0.05) is 24.3 Å². The van der Waals surface area contributed by atoms with E-state index in [4.69, 9.17) is 0 Å². The molecule has 128 valence electrons. The highest BCUT2D eigenvalue weighted by molar-refractivity contribution is 5.75. The molecule has 0 spiro atoms. The number of aryl methyl sites for hydroxylation is 3. The first kappa shape index (κ1) is 16.6. The number of imidazole rings is 1. The molecule has 1 aromatic heterocycles. The van der Waals surface area contributed by atoms with Crippen molar-refractivity contribution in [1.82, 2.24) is 19.8 Å². The lowest BCUT2D eigenvalue weighted by atomic mass is 9.90. The summed E-state index contributed by atoms with van der Waals surface area (Å²) in [5.74, 6) is 1.61. The summed E-state index contributed by atoms with van der Waals surface area (Å²) in [6.45, 7) is 7.47. The molecule has 0 saturated carbocycles. The summed E-state index contributed by atoms with van der Waals surface area (Å²) < 4.78 is 2.11. The van der Waals surface area contributed by atoms with Crippen molar-refractivity contribution in [2.24, 2.45) is 5.92 Å². The Morgan fingerprint density at radius 1 is 1.29 bits per heavy atom. The monoisotopic (exact) mass is 326 g/mol. The fraction of sp³-hybridized carbons (Fsp3) is 0.474. The number of urea groups is 1. The Hall–Kier alpha value is -2.30. The number of hydrogen-bond acceptors (Lipinski definition) is 2. The summed E-state index contributed by atoms with van der Waals surface area (Å²) in [5, 5.41) is 3.02. The summed E-state index contributed by atoms with van der Waals surface area (Å²) in [6.07, 6.45) is 5.77. The number of benzene rings is 1. The van der Waals surface area contributed by atoms with Gasteiger partial charge in [0, 0.05) is 38.6 Å². The predicted molar refractivity (Wildman–Crippen MR) is 94.9 cm³/mol.